The average molecular weight is 484 g/mol. The molecule has 1 aliphatic heterocycles. The minimum absolute atomic E-state index is 0.187. The normalized spacial score (nSPS) is 16.5. The third kappa shape index (κ3) is 6.05. The Kier molecular flexibility index (Phi) is 8.12. The van der Waals surface area contributed by atoms with E-state index in [2.05, 4.69) is 32.7 Å². The second-order valence-electron chi connectivity index (χ2n) is 9.06. The number of ether oxygens (including phenoxy) is 2. The molecule has 4 rings (SSSR count). The van der Waals surface area contributed by atoms with Crippen LogP contribution >= 0.6 is 0 Å². The molecule has 1 saturated carbocycles. The van der Waals surface area contributed by atoms with E-state index in [1.165, 1.54) is 25.1 Å². The smallest absolute Gasteiger partial charge is 0.326 e. The molecular formula is C25H33N5O5. The molecule has 0 radical (unpaired) electrons. The Morgan fingerprint density at radius 2 is 2.03 bits per heavy atom. The lowest BCUT2D eigenvalue weighted by Crippen LogP contribution is -2.46. The Morgan fingerprint density at radius 3 is 2.80 bits per heavy atom. The van der Waals surface area contributed by atoms with E-state index in [9.17, 15) is 14.7 Å². The van der Waals surface area contributed by atoms with Crippen molar-refractivity contribution in [3.05, 3.63) is 41.5 Å². The zero-order chi connectivity index (χ0) is 24.7. The standard InChI is InChI=1S/C25H33N5O5/c1-34-22-20(26-13-14-28-22)25(10-11-25)24(33)30-19(23(31)32)9-16-35-15-3-2-6-18-8-7-17-5-4-12-27-21(17)29-18/h7-8,13-14,19H,2-6,9-12,15-16H2,1H3,(H,27,29)(H,30,33)(H,31,32)/t19-/m0/s1. The fourth-order valence-corrected chi connectivity index (χ4v) is 4.37. The first-order valence-electron chi connectivity index (χ1n) is 12.2. The maximum absolute atomic E-state index is 13.0. The zero-order valence-electron chi connectivity index (χ0n) is 20.1. The van der Waals surface area contributed by atoms with Crippen molar-refractivity contribution in [2.75, 3.05) is 32.2 Å². The maximum atomic E-state index is 13.0. The number of anilines is 1. The number of hydrogen-bond acceptors (Lipinski definition) is 8. The van der Waals surface area contributed by atoms with Crippen molar-refractivity contribution in [2.24, 2.45) is 0 Å². The number of carbonyl (C=O) groups is 2. The third-order valence-electron chi connectivity index (χ3n) is 6.57. The number of pyridine rings is 1. The summed E-state index contributed by atoms with van der Waals surface area (Å²) in [5, 5.41) is 15.6. The number of carbonyl (C=O) groups excluding carboxylic acids is 1. The van der Waals surface area contributed by atoms with Crippen molar-refractivity contribution >= 4 is 17.7 Å². The van der Waals surface area contributed by atoms with Crippen molar-refractivity contribution < 1.29 is 24.2 Å². The van der Waals surface area contributed by atoms with Crippen LogP contribution in [-0.2, 0) is 32.6 Å². The highest BCUT2D eigenvalue weighted by Crippen LogP contribution is 2.50. The lowest BCUT2D eigenvalue weighted by molar-refractivity contribution is -0.142. The van der Waals surface area contributed by atoms with E-state index in [1.54, 1.807) is 0 Å². The van der Waals surface area contributed by atoms with Gasteiger partial charge in [0.25, 0.3) is 0 Å². The predicted molar refractivity (Wildman–Crippen MR) is 128 cm³/mol. The van der Waals surface area contributed by atoms with Crippen LogP contribution in [0.15, 0.2) is 24.5 Å². The summed E-state index contributed by atoms with van der Waals surface area (Å²) < 4.78 is 10.9. The summed E-state index contributed by atoms with van der Waals surface area (Å²) in [6.07, 6.45) is 9.23. The lowest BCUT2D eigenvalue weighted by atomic mass is 10.00. The van der Waals surface area contributed by atoms with E-state index in [0.717, 1.165) is 50.2 Å². The van der Waals surface area contributed by atoms with Crippen LogP contribution in [0.3, 0.4) is 0 Å². The van der Waals surface area contributed by atoms with Crippen LogP contribution in [0.5, 0.6) is 5.88 Å². The van der Waals surface area contributed by atoms with Gasteiger partial charge in [-0.05, 0) is 56.6 Å². The molecule has 0 aromatic carbocycles. The highest BCUT2D eigenvalue weighted by molar-refractivity contribution is 5.94. The Labute approximate surface area is 204 Å². The van der Waals surface area contributed by atoms with Gasteiger partial charge in [-0.25, -0.2) is 14.8 Å². The summed E-state index contributed by atoms with van der Waals surface area (Å²) in [5.74, 6) is -0.151. The Balaban J connectivity index is 1.18. The van der Waals surface area contributed by atoms with Crippen LogP contribution in [0, 0.1) is 0 Å². The third-order valence-corrected chi connectivity index (χ3v) is 6.57. The van der Waals surface area contributed by atoms with Crippen molar-refractivity contribution in [1.29, 1.82) is 0 Å². The summed E-state index contributed by atoms with van der Waals surface area (Å²) in [4.78, 5) is 37.8. The van der Waals surface area contributed by atoms with E-state index in [-0.39, 0.29) is 24.8 Å². The number of aryl methyl sites for hydroxylation is 2. The molecule has 35 heavy (non-hydrogen) atoms. The number of amides is 1. The summed E-state index contributed by atoms with van der Waals surface area (Å²) in [6.45, 7) is 1.76. The fraction of sp³-hybridized carbons (Fsp3) is 0.560. The van der Waals surface area contributed by atoms with Crippen molar-refractivity contribution in [3.8, 4) is 5.88 Å². The second kappa shape index (κ2) is 11.4. The first-order valence-corrected chi connectivity index (χ1v) is 12.2. The number of carboxylic acid groups (broad SMARTS) is 1. The number of nitrogens with zero attached hydrogens (tertiary/aromatic N) is 3. The summed E-state index contributed by atoms with van der Waals surface area (Å²) >= 11 is 0. The highest BCUT2D eigenvalue weighted by Gasteiger charge is 2.55. The van der Waals surface area contributed by atoms with Gasteiger partial charge in [-0.2, -0.15) is 0 Å². The molecular weight excluding hydrogens is 450 g/mol. The van der Waals surface area contributed by atoms with Crippen LogP contribution in [-0.4, -0.2) is 64.8 Å². The zero-order valence-corrected chi connectivity index (χ0v) is 20.1. The van der Waals surface area contributed by atoms with Crippen LogP contribution in [0.4, 0.5) is 5.82 Å². The van der Waals surface area contributed by atoms with Gasteiger partial charge < -0.3 is 25.2 Å². The summed E-state index contributed by atoms with van der Waals surface area (Å²) in [6, 6.07) is 3.22. The van der Waals surface area contributed by atoms with E-state index in [1.807, 2.05) is 0 Å². The number of rotatable bonds is 13. The Bertz CT molecular complexity index is 1040. The molecule has 1 fully saturated rings. The van der Waals surface area contributed by atoms with E-state index in [0.29, 0.717) is 25.1 Å². The maximum Gasteiger partial charge on any atom is 0.326 e. The van der Waals surface area contributed by atoms with Crippen LogP contribution < -0.4 is 15.4 Å². The lowest BCUT2D eigenvalue weighted by Gasteiger charge is -2.20. The first-order chi connectivity index (χ1) is 17.0. The minimum atomic E-state index is -1.09. The van der Waals surface area contributed by atoms with Crippen LogP contribution in [0.2, 0.25) is 0 Å². The van der Waals surface area contributed by atoms with Crippen LogP contribution in [0.25, 0.3) is 0 Å². The fourth-order valence-electron chi connectivity index (χ4n) is 4.37. The molecule has 188 valence electrons. The van der Waals surface area contributed by atoms with Crippen LogP contribution in [0.1, 0.15) is 55.5 Å². The largest absolute Gasteiger partial charge is 0.480 e. The SMILES string of the molecule is COc1nccnc1C1(C(=O)N[C@@H](CCOCCCCc2ccc3c(n2)NCCC3)C(=O)O)CC1. The second-order valence-corrected chi connectivity index (χ2v) is 9.06. The molecule has 10 heteroatoms. The highest BCUT2D eigenvalue weighted by atomic mass is 16.5. The van der Waals surface area contributed by atoms with E-state index in [4.69, 9.17) is 14.5 Å². The van der Waals surface area contributed by atoms with Gasteiger partial charge in [0.2, 0.25) is 11.8 Å². The van der Waals surface area contributed by atoms with E-state index >= 15 is 0 Å². The quantitative estimate of drug-likeness (QED) is 0.367. The van der Waals surface area contributed by atoms with Gasteiger partial charge in [0.15, 0.2) is 0 Å². The van der Waals surface area contributed by atoms with Gasteiger partial charge in [0.1, 0.15) is 17.6 Å². The van der Waals surface area contributed by atoms with Gasteiger partial charge >= 0.3 is 5.97 Å². The molecule has 1 aliphatic carbocycles. The number of fused-ring (bicyclic) bond motifs is 1. The Morgan fingerprint density at radius 1 is 1.20 bits per heavy atom. The number of hydrogen-bond donors (Lipinski definition) is 3. The summed E-state index contributed by atoms with van der Waals surface area (Å²) in [5.41, 5.74) is 1.92. The number of carboxylic acids is 1. The topological polar surface area (TPSA) is 136 Å². The van der Waals surface area contributed by atoms with Gasteiger partial charge in [-0.1, -0.05) is 6.07 Å². The molecule has 3 N–H and O–H groups in total. The molecule has 0 saturated heterocycles. The number of unbranched alkanes of at least 4 members (excludes halogenated alkanes) is 1. The van der Waals surface area contributed by atoms with Gasteiger partial charge in [-0.15, -0.1) is 0 Å². The molecule has 2 aromatic rings. The van der Waals surface area contributed by atoms with Gasteiger partial charge in [0.05, 0.1) is 12.5 Å². The minimum Gasteiger partial charge on any atom is -0.480 e. The average Bonchev–Trinajstić information content (AvgIpc) is 3.69. The molecule has 3 heterocycles. The number of nitrogens with one attached hydrogen (secondary N) is 2. The first kappa shape index (κ1) is 24.8. The van der Waals surface area contributed by atoms with Gasteiger partial charge in [-0.3, -0.25) is 9.78 Å². The van der Waals surface area contributed by atoms with Crippen molar-refractivity contribution in [3.63, 3.8) is 0 Å². The molecule has 1 atom stereocenters. The molecule has 0 spiro atoms. The molecule has 2 aromatic heterocycles. The number of aromatic nitrogens is 3. The predicted octanol–water partition coefficient (Wildman–Crippen LogP) is 2.27. The van der Waals surface area contributed by atoms with Crippen molar-refractivity contribution in [1.82, 2.24) is 20.3 Å². The van der Waals surface area contributed by atoms with Gasteiger partial charge in [0, 0.05) is 44.3 Å². The molecule has 0 unspecified atom stereocenters. The van der Waals surface area contributed by atoms with E-state index < -0.39 is 17.4 Å². The summed E-state index contributed by atoms with van der Waals surface area (Å²) in [7, 11) is 1.47. The molecule has 1 amide bonds. The number of methoxy groups -OCH3 is 1. The molecule has 10 nitrogen and oxygen atoms in total. The molecule has 2 aliphatic rings. The number of aliphatic carboxylic acids is 1. The molecule has 0 bridgehead atoms. The monoisotopic (exact) mass is 483 g/mol. The van der Waals surface area contributed by atoms with Crippen molar-refractivity contribution in [2.45, 2.75) is 62.8 Å². The Hall–Kier alpha value is -3.27.